The molecule has 142 valence electrons. The van der Waals surface area contributed by atoms with Crippen LogP contribution in [0, 0.1) is 5.92 Å². The number of aliphatic carboxylic acids is 1. The van der Waals surface area contributed by atoms with Crippen molar-refractivity contribution in [2.45, 2.75) is 31.7 Å². The molecule has 1 fully saturated rings. The van der Waals surface area contributed by atoms with Crippen LogP contribution >= 0.6 is 0 Å². The molecule has 8 heteroatoms. The van der Waals surface area contributed by atoms with E-state index in [9.17, 15) is 14.4 Å². The van der Waals surface area contributed by atoms with Crippen LogP contribution in [0.3, 0.4) is 0 Å². The van der Waals surface area contributed by atoms with E-state index in [1.54, 1.807) is 31.4 Å². The molecular formula is C18H25N3O5. The summed E-state index contributed by atoms with van der Waals surface area (Å²) in [7, 11) is 1.56. The second-order valence-corrected chi connectivity index (χ2v) is 6.27. The van der Waals surface area contributed by atoms with E-state index in [-0.39, 0.29) is 23.9 Å². The van der Waals surface area contributed by atoms with Crippen molar-refractivity contribution in [2.24, 2.45) is 5.92 Å². The molecule has 0 heterocycles. The normalized spacial score (nSPS) is 19.3. The SMILES string of the molecule is COc1ccc(C(=O)NCCNC(=O)NC2CCC(C(=O)O)CC2)cc1. The monoisotopic (exact) mass is 363 g/mol. The minimum Gasteiger partial charge on any atom is -0.497 e. The number of methoxy groups -OCH3 is 1. The highest BCUT2D eigenvalue weighted by molar-refractivity contribution is 5.94. The summed E-state index contributed by atoms with van der Waals surface area (Å²) in [5.74, 6) is -0.607. The highest BCUT2D eigenvalue weighted by Gasteiger charge is 2.26. The van der Waals surface area contributed by atoms with Crippen LogP contribution in [-0.2, 0) is 4.79 Å². The third-order valence-electron chi connectivity index (χ3n) is 4.46. The predicted molar refractivity (Wildman–Crippen MR) is 95.2 cm³/mol. The average molecular weight is 363 g/mol. The molecule has 1 aliphatic rings. The van der Waals surface area contributed by atoms with Gasteiger partial charge in [0.15, 0.2) is 0 Å². The summed E-state index contributed by atoms with van der Waals surface area (Å²) in [5.41, 5.74) is 0.519. The molecule has 0 unspecified atom stereocenters. The van der Waals surface area contributed by atoms with Gasteiger partial charge in [0.1, 0.15) is 5.75 Å². The van der Waals surface area contributed by atoms with Crippen LogP contribution in [-0.4, -0.2) is 49.3 Å². The van der Waals surface area contributed by atoms with E-state index in [0.29, 0.717) is 50.1 Å². The zero-order valence-electron chi connectivity index (χ0n) is 14.8. The zero-order valence-corrected chi connectivity index (χ0v) is 14.8. The van der Waals surface area contributed by atoms with Crippen molar-refractivity contribution in [3.8, 4) is 5.75 Å². The van der Waals surface area contributed by atoms with Gasteiger partial charge in [-0.15, -0.1) is 0 Å². The van der Waals surface area contributed by atoms with E-state index in [2.05, 4.69) is 16.0 Å². The van der Waals surface area contributed by atoms with Gasteiger partial charge in [-0.2, -0.15) is 0 Å². The van der Waals surface area contributed by atoms with Crippen LogP contribution in [0.5, 0.6) is 5.75 Å². The van der Waals surface area contributed by atoms with Gasteiger partial charge >= 0.3 is 12.0 Å². The molecule has 1 aromatic rings. The number of hydrogen-bond donors (Lipinski definition) is 4. The van der Waals surface area contributed by atoms with E-state index in [0.717, 1.165) is 0 Å². The summed E-state index contributed by atoms with van der Waals surface area (Å²) in [6.45, 7) is 0.613. The van der Waals surface area contributed by atoms with Gasteiger partial charge in [0.2, 0.25) is 0 Å². The Balaban J connectivity index is 1.61. The molecule has 0 saturated heterocycles. The molecule has 1 aromatic carbocycles. The number of nitrogens with one attached hydrogen (secondary N) is 3. The van der Waals surface area contributed by atoms with Gasteiger partial charge in [-0.3, -0.25) is 9.59 Å². The quantitative estimate of drug-likeness (QED) is 0.546. The average Bonchev–Trinajstić information content (AvgIpc) is 2.65. The number of ether oxygens (including phenoxy) is 1. The Morgan fingerprint density at radius 1 is 1.04 bits per heavy atom. The van der Waals surface area contributed by atoms with Crippen molar-refractivity contribution < 1.29 is 24.2 Å². The molecule has 0 aliphatic heterocycles. The number of carbonyl (C=O) groups is 3. The molecule has 8 nitrogen and oxygen atoms in total. The smallest absolute Gasteiger partial charge is 0.315 e. The number of urea groups is 1. The Hall–Kier alpha value is -2.77. The largest absolute Gasteiger partial charge is 0.497 e. The zero-order chi connectivity index (χ0) is 18.9. The van der Waals surface area contributed by atoms with E-state index in [4.69, 9.17) is 9.84 Å². The van der Waals surface area contributed by atoms with Gasteiger partial charge in [0, 0.05) is 24.7 Å². The Bertz CT molecular complexity index is 624. The van der Waals surface area contributed by atoms with Gasteiger partial charge in [0.25, 0.3) is 5.91 Å². The van der Waals surface area contributed by atoms with Crippen molar-refractivity contribution in [2.75, 3.05) is 20.2 Å². The van der Waals surface area contributed by atoms with Crippen molar-refractivity contribution >= 4 is 17.9 Å². The molecule has 0 atom stereocenters. The van der Waals surface area contributed by atoms with Gasteiger partial charge in [-0.05, 0) is 49.9 Å². The molecule has 4 N–H and O–H groups in total. The van der Waals surface area contributed by atoms with Crippen LogP contribution in [0.4, 0.5) is 4.79 Å². The van der Waals surface area contributed by atoms with Crippen LogP contribution in [0.2, 0.25) is 0 Å². The van der Waals surface area contributed by atoms with E-state index >= 15 is 0 Å². The van der Waals surface area contributed by atoms with Gasteiger partial charge in [-0.25, -0.2) is 4.79 Å². The van der Waals surface area contributed by atoms with Gasteiger partial charge < -0.3 is 25.8 Å². The Labute approximate surface area is 152 Å². The summed E-state index contributed by atoms with van der Waals surface area (Å²) in [6.07, 6.45) is 2.49. The summed E-state index contributed by atoms with van der Waals surface area (Å²) in [6, 6.07) is 6.45. The van der Waals surface area contributed by atoms with Crippen LogP contribution in [0.15, 0.2) is 24.3 Å². The number of rotatable bonds is 7. The van der Waals surface area contributed by atoms with Crippen LogP contribution in [0.1, 0.15) is 36.0 Å². The van der Waals surface area contributed by atoms with E-state index in [1.807, 2.05) is 0 Å². The third-order valence-corrected chi connectivity index (χ3v) is 4.46. The molecule has 0 radical (unpaired) electrons. The topological polar surface area (TPSA) is 117 Å². The molecule has 0 bridgehead atoms. The highest BCUT2D eigenvalue weighted by atomic mass is 16.5. The standard InChI is InChI=1S/C18H25N3O5/c1-26-15-8-4-12(5-9-15)16(22)19-10-11-20-18(25)21-14-6-2-13(3-7-14)17(23)24/h4-5,8-9,13-14H,2-3,6-7,10-11H2,1H3,(H,19,22)(H,23,24)(H2,20,21,25). The number of carbonyl (C=O) groups excluding carboxylic acids is 2. The maximum atomic E-state index is 12.0. The van der Waals surface area contributed by atoms with Gasteiger partial charge in [0.05, 0.1) is 13.0 Å². The van der Waals surface area contributed by atoms with Crippen LogP contribution in [0.25, 0.3) is 0 Å². The summed E-state index contributed by atoms with van der Waals surface area (Å²) in [4.78, 5) is 34.7. The molecule has 26 heavy (non-hydrogen) atoms. The number of benzene rings is 1. The maximum absolute atomic E-state index is 12.0. The number of carboxylic acids is 1. The lowest BCUT2D eigenvalue weighted by molar-refractivity contribution is -0.142. The fourth-order valence-electron chi connectivity index (χ4n) is 2.92. The summed E-state index contributed by atoms with van der Waals surface area (Å²) >= 11 is 0. The predicted octanol–water partition coefficient (Wildman–Crippen LogP) is 1.37. The Kier molecular flexibility index (Phi) is 7.25. The first-order chi connectivity index (χ1) is 12.5. The van der Waals surface area contributed by atoms with Crippen molar-refractivity contribution in [1.29, 1.82) is 0 Å². The number of amides is 3. The minimum absolute atomic E-state index is 0.000472. The first-order valence-electron chi connectivity index (χ1n) is 8.69. The van der Waals surface area contributed by atoms with Crippen molar-refractivity contribution in [3.05, 3.63) is 29.8 Å². The fraction of sp³-hybridized carbons (Fsp3) is 0.500. The summed E-state index contributed by atoms with van der Waals surface area (Å²) < 4.78 is 5.04. The number of hydrogen-bond acceptors (Lipinski definition) is 4. The Morgan fingerprint density at radius 2 is 1.65 bits per heavy atom. The fourth-order valence-corrected chi connectivity index (χ4v) is 2.92. The highest BCUT2D eigenvalue weighted by Crippen LogP contribution is 2.24. The van der Waals surface area contributed by atoms with Gasteiger partial charge in [-0.1, -0.05) is 0 Å². The van der Waals surface area contributed by atoms with E-state index < -0.39 is 5.97 Å². The minimum atomic E-state index is -0.763. The molecule has 3 amide bonds. The van der Waals surface area contributed by atoms with Crippen molar-refractivity contribution in [1.82, 2.24) is 16.0 Å². The number of carboxylic acid groups (broad SMARTS) is 1. The lowest BCUT2D eigenvalue weighted by Crippen LogP contribution is -2.46. The maximum Gasteiger partial charge on any atom is 0.315 e. The first kappa shape index (κ1) is 19.6. The second-order valence-electron chi connectivity index (χ2n) is 6.27. The van der Waals surface area contributed by atoms with Crippen LogP contribution < -0.4 is 20.7 Å². The van der Waals surface area contributed by atoms with E-state index in [1.165, 1.54) is 0 Å². The molecule has 0 aromatic heterocycles. The second kappa shape index (κ2) is 9.65. The first-order valence-corrected chi connectivity index (χ1v) is 8.69. The summed E-state index contributed by atoms with van der Waals surface area (Å²) in [5, 5.41) is 17.2. The molecular weight excluding hydrogens is 338 g/mol. The van der Waals surface area contributed by atoms with Crippen molar-refractivity contribution in [3.63, 3.8) is 0 Å². The Morgan fingerprint density at radius 3 is 2.23 bits per heavy atom. The molecule has 1 aliphatic carbocycles. The molecule has 2 rings (SSSR count). The molecule has 1 saturated carbocycles. The molecule has 0 spiro atoms. The lowest BCUT2D eigenvalue weighted by atomic mass is 9.86. The lowest BCUT2D eigenvalue weighted by Gasteiger charge is -2.26. The third kappa shape index (κ3) is 5.94.